The van der Waals surface area contributed by atoms with E-state index in [9.17, 15) is 9.59 Å². The average molecular weight is 706 g/mol. The first-order chi connectivity index (χ1) is 21.8. The minimum absolute atomic E-state index is 0.156. The standard InChI is InChI=1S/C33H23BrCl2N4O5/c1-2-43-26-16-20(29(34)30(36)31(26)44-18-28(41)38-22-13-11-21(35)12-14-22)17-37-40-32(27-15-19-7-3-6-10-25(19)45-27)39-24-9-5-4-8-23(24)33(40)42/h3-17H,2,18H2,1H3,(H,38,41). The second kappa shape index (κ2) is 13.2. The number of hydrogen-bond donors (Lipinski definition) is 1. The lowest BCUT2D eigenvalue weighted by Gasteiger charge is -2.16. The summed E-state index contributed by atoms with van der Waals surface area (Å²) in [7, 11) is 0. The van der Waals surface area contributed by atoms with Crippen LogP contribution < -0.4 is 20.3 Å². The maximum Gasteiger partial charge on any atom is 0.282 e. The van der Waals surface area contributed by atoms with Gasteiger partial charge in [0.05, 0.1) is 23.7 Å². The SMILES string of the molecule is CCOc1cc(C=Nn2c(-c3cc4ccccc4o3)nc3ccccc3c2=O)c(Br)c(Cl)c1OCC(=O)Nc1ccc(Cl)cc1. The summed E-state index contributed by atoms with van der Waals surface area (Å²) in [6.07, 6.45) is 1.46. The molecule has 4 aromatic carbocycles. The van der Waals surface area contributed by atoms with E-state index in [1.165, 1.54) is 10.9 Å². The normalized spacial score (nSPS) is 11.4. The maximum absolute atomic E-state index is 13.7. The number of nitrogens with one attached hydrogen (secondary N) is 1. The Balaban J connectivity index is 1.35. The number of nitrogens with zero attached hydrogens (tertiary/aromatic N) is 3. The van der Waals surface area contributed by atoms with Gasteiger partial charge in [0.25, 0.3) is 11.5 Å². The highest BCUT2D eigenvalue weighted by Gasteiger charge is 2.20. The fraction of sp³-hybridized carbons (Fsp3) is 0.0909. The lowest BCUT2D eigenvalue weighted by atomic mass is 10.2. The number of aromatic nitrogens is 2. The van der Waals surface area contributed by atoms with E-state index in [0.717, 1.165) is 5.39 Å². The molecule has 0 saturated carbocycles. The maximum atomic E-state index is 13.7. The highest BCUT2D eigenvalue weighted by atomic mass is 79.9. The molecule has 1 amide bonds. The summed E-state index contributed by atoms with van der Waals surface area (Å²) in [5.41, 5.74) is 1.83. The third-order valence-electron chi connectivity index (χ3n) is 6.64. The zero-order valence-electron chi connectivity index (χ0n) is 23.6. The van der Waals surface area contributed by atoms with Crippen molar-refractivity contribution in [3.8, 4) is 23.1 Å². The molecule has 0 aliphatic rings. The number of carbonyl (C=O) groups is 1. The zero-order chi connectivity index (χ0) is 31.5. The van der Waals surface area contributed by atoms with Crippen molar-refractivity contribution in [1.29, 1.82) is 0 Å². The molecule has 0 aliphatic heterocycles. The first kappa shape index (κ1) is 30.4. The number of furan rings is 1. The van der Waals surface area contributed by atoms with Crippen LogP contribution in [0.4, 0.5) is 5.69 Å². The number of rotatable bonds is 9. The van der Waals surface area contributed by atoms with Gasteiger partial charge < -0.3 is 19.2 Å². The van der Waals surface area contributed by atoms with Crippen molar-refractivity contribution in [3.63, 3.8) is 0 Å². The van der Waals surface area contributed by atoms with Crippen LogP contribution in [-0.2, 0) is 4.79 Å². The number of para-hydroxylation sites is 2. The van der Waals surface area contributed by atoms with Crippen LogP contribution >= 0.6 is 39.1 Å². The number of anilines is 1. The predicted octanol–water partition coefficient (Wildman–Crippen LogP) is 8.18. The molecular weight excluding hydrogens is 683 g/mol. The molecule has 1 N–H and O–H groups in total. The van der Waals surface area contributed by atoms with Crippen molar-refractivity contribution in [3.05, 3.63) is 115 Å². The van der Waals surface area contributed by atoms with Gasteiger partial charge in [-0.15, -0.1) is 0 Å². The van der Waals surface area contributed by atoms with Crippen LogP contribution in [0.1, 0.15) is 12.5 Å². The Morgan fingerprint density at radius 3 is 2.58 bits per heavy atom. The predicted molar refractivity (Wildman–Crippen MR) is 180 cm³/mol. The van der Waals surface area contributed by atoms with Gasteiger partial charge in [0, 0.05) is 26.1 Å². The van der Waals surface area contributed by atoms with Crippen LogP contribution in [0.25, 0.3) is 33.5 Å². The summed E-state index contributed by atoms with van der Waals surface area (Å²) in [5.74, 6) is 0.655. The molecule has 12 heteroatoms. The van der Waals surface area contributed by atoms with Crippen LogP contribution in [-0.4, -0.2) is 35.0 Å². The van der Waals surface area contributed by atoms with Gasteiger partial charge in [-0.2, -0.15) is 9.78 Å². The van der Waals surface area contributed by atoms with E-state index < -0.39 is 5.91 Å². The molecule has 6 aromatic rings. The van der Waals surface area contributed by atoms with E-state index >= 15 is 0 Å². The fourth-order valence-electron chi connectivity index (χ4n) is 4.57. The van der Waals surface area contributed by atoms with Gasteiger partial charge in [0.1, 0.15) is 10.6 Å². The number of amides is 1. The number of carbonyl (C=O) groups excluding carboxylic acids is 1. The monoisotopic (exact) mass is 704 g/mol. The summed E-state index contributed by atoms with van der Waals surface area (Å²) in [6.45, 7) is 1.77. The summed E-state index contributed by atoms with van der Waals surface area (Å²) >= 11 is 16.1. The molecule has 45 heavy (non-hydrogen) atoms. The number of hydrogen-bond acceptors (Lipinski definition) is 7. The van der Waals surface area contributed by atoms with Gasteiger partial charge in [0.15, 0.2) is 23.9 Å². The van der Waals surface area contributed by atoms with E-state index in [4.69, 9.17) is 42.1 Å². The van der Waals surface area contributed by atoms with Crippen LogP contribution in [0.3, 0.4) is 0 Å². The molecule has 0 unspecified atom stereocenters. The molecule has 2 aromatic heterocycles. The van der Waals surface area contributed by atoms with Crippen molar-refractivity contribution >= 4 is 78.8 Å². The third-order valence-corrected chi connectivity index (χ3v) is 8.34. The number of fused-ring (bicyclic) bond motifs is 2. The lowest BCUT2D eigenvalue weighted by molar-refractivity contribution is -0.118. The highest BCUT2D eigenvalue weighted by molar-refractivity contribution is 9.10. The van der Waals surface area contributed by atoms with E-state index in [1.54, 1.807) is 55.5 Å². The van der Waals surface area contributed by atoms with Gasteiger partial charge in [0.2, 0.25) is 5.82 Å². The molecule has 9 nitrogen and oxygen atoms in total. The molecular formula is C33H23BrCl2N4O5. The minimum atomic E-state index is -0.404. The van der Waals surface area contributed by atoms with Gasteiger partial charge >= 0.3 is 0 Å². The Hall–Kier alpha value is -4.64. The summed E-state index contributed by atoms with van der Waals surface area (Å²) in [6, 6.07) is 24.7. The van der Waals surface area contributed by atoms with Crippen molar-refractivity contribution in [2.24, 2.45) is 5.10 Å². The van der Waals surface area contributed by atoms with Crippen LogP contribution in [0, 0.1) is 0 Å². The second-order valence-corrected chi connectivity index (χ2v) is 11.3. The zero-order valence-corrected chi connectivity index (χ0v) is 26.7. The van der Waals surface area contributed by atoms with Crippen molar-refractivity contribution in [1.82, 2.24) is 9.66 Å². The summed E-state index contributed by atoms with van der Waals surface area (Å²) in [5, 5.41) is 9.23. The van der Waals surface area contributed by atoms with E-state index in [2.05, 4.69) is 26.3 Å². The Morgan fingerprint density at radius 1 is 1.04 bits per heavy atom. The molecule has 0 atom stereocenters. The average Bonchev–Trinajstić information content (AvgIpc) is 3.48. The molecule has 0 fully saturated rings. The Labute approximate surface area is 275 Å². The molecule has 0 aliphatic carbocycles. The van der Waals surface area contributed by atoms with Crippen LogP contribution in [0.5, 0.6) is 11.5 Å². The van der Waals surface area contributed by atoms with Gasteiger partial charge in [-0.25, -0.2) is 4.98 Å². The van der Waals surface area contributed by atoms with E-state index in [-0.39, 0.29) is 34.5 Å². The van der Waals surface area contributed by atoms with Crippen LogP contribution in [0.15, 0.2) is 104 Å². The molecule has 0 spiro atoms. The highest BCUT2D eigenvalue weighted by Crippen LogP contribution is 2.42. The van der Waals surface area contributed by atoms with Crippen molar-refractivity contribution < 1.29 is 18.7 Å². The second-order valence-electron chi connectivity index (χ2n) is 9.66. The topological polar surface area (TPSA) is 108 Å². The largest absolute Gasteiger partial charge is 0.490 e. The van der Waals surface area contributed by atoms with Crippen molar-refractivity contribution in [2.75, 3.05) is 18.5 Å². The number of ether oxygens (including phenoxy) is 2. The lowest BCUT2D eigenvalue weighted by Crippen LogP contribution is -2.21. The van der Waals surface area contributed by atoms with Gasteiger partial charge in [-0.3, -0.25) is 9.59 Å². The number of benzene rings is 4. The Bertz CT molecular complexity index is 2110. The summed E-state index contributed by atoms with van der Waals surface area (Å²) < 4.78 is 19.3. The Morgan fingerprint density at radius 2 is 1.80 bits per heavy atom. The first-order valence-corrected chi connectivity index (χ1v) is 15.3. The number of halogens is 3. The molecule has 6 rings (SSSR count). The molecule has 0 radical (unpaired) electrons. The summed E-state index contributed by atoms with van der Waals surface area (Å²) in [4.78, 5) is 31.0. The molecule has 2 heterocycles. The third kappa shape index (κ3) is 6.44. The first-order valence-electron chi connectivity index (χ1n) is 13.7. The van der Waals surface area contributed by atoms with E-state index in [1.807, 2.05) is 36.4 Å². The Kier molecular flexibility index (Phi) is 8.88. The molecule has 226 valence electrons. The smallest absolute Gasteiger partial charge is 0.282 e. The minimum Gasteiger partial charge on any atom is -0.490 e. The van der Waals surface area contributed by atoms with Crippen LogP contribution in [0.2, 0.25) is 10.0 Å². The molecule has 0 bridgehead atoms. The van der Waals surface area contributed by atoms with Gasteiger partial charge in [-0.05, 0) is 77.5 Å². The molecule has 0 saturated heterocycles. The van der Waals surface area contributed by atoms with Gasteiger partial charge in [-0.1, -0.05) is 53.5 Å². The fourth-order valence-corrected chi connectivity index (χ4v) is 5.35. The van der Waals surface area contributed by atoms with E-state index in [0.29, 0.717) is 49.6 Å². The van der Waals surface area contributed by atoms with Crippen molar-refractivity contribution in [2.45, 2.75) is 6.92 Å². The quantitative estimate of drug-likeness (QED) is 0.152.